The maximum absolute atomic E-state index is 12.8. The Hall–Kier alpha value is -1.73. The third-order valence-corrected chi connectivity index (χ3v) is 5.84. The summed E-state index contributed by atoms with van der Waals surface area (Å²) < 4.78 is 5.11. The Bertz CT molecular complexity index is 657. The highest BCUT2D eigenvalue weighted by Gasteiger charge is 2.41. The van der Waals surface area contributed by atoms with Crippen molar-refractivity contribution in [3.8, 4) is 0 Å². The second-order valence-electron chi connectivity index (χ2n) is 6.42. The molecule has 0 aromatic carbocycles. The van der Waals surface area contributed by atoms with E-state index < -0.39 is 0 Å². The van der Waals surface area contributed by atoms with Crippen molar-refractivity contribution in [2.75, 3.05) is 33.4 Å². The lowest BCUT2D eigenvalue weighted by atomic mass is 9.94. The van der Waals surface area contributed by atoms with E-state index in [1.165, 1.54) is 18.3 Å². The number of ether oxygens (including phenoxy) is 1. The van der Waals surface area contributed by atoms with Gasteiger partial charge in [-0.1, -0.05) is 0 Å². The molecule has 0 aliphatic carbocycles. The lowest BCUT2D eigenvalue weighted by Gasteiger charge is -2.35. The molecule has 24 heavy (non-hydrogen) atoms. The second kappa shape index (κ2) is 7.03. The third-order valence-electron chi connectivity index (χ3n) is 4.81. The van der Waals surface area contributed by atoms with Crippen LogP contribution in [0.25, 0.3) is 0 Å². The van der Waals surface area contributed by atoms with Crippen LogP contribution in [0, 0.1) is 5.92 Å². The summed E-state index contributed by atoms with van der Waals surface area (Å²) in [5.41, 5.74) is 0.544. The molecule has 0 N–H and O–H groups in total. The Balaban J connectivity index is 1.77. The fourth-order valence-electron chi connectivity index (χ4n) is 3.51. The standard InChI is InChI=1S/C17H22N2O4S/c1-11(20)15-7-13(10-24-15)16(21)18-8-12-3-4-14(9-18)19(17(12)22)5-6-23-2/h7,10,12,14H,3-6,8-9H2,1-2H3/t12-,14+/m1/s1. The molecule has 4 heterocycles. The van der Waals surface area contributed by atoms with E-state index in [1.807, 2.05) is 4.90 Å². The van der Waals surface area contributed by atoms with E-state index in [2.05, 4.69) is 0 Å². The van der Waals surface area contributed by atoms with Gasteiger partial charge in [0.15, 0.2) is 5.78 Å². The number of Topliss-reactive ketones (excluding diaryl/α,β-unsaturated/α-hetero) is 1. The van der Waals surface area contributed by atoms with Crippen LogP contribution in [0.3, 0.4) is 0 Å². The number of rotatable bonds is 5. The summed E-state index contributed by atoms with van der Waals surface area (Å²) in [5, 5.41) is 1.73. The monoisotopic (exact) mass is 350 g/mol. The van der Waals surface area contributed by atoms with Gasteiger partial charge in [-0.15, -0.1) is 11.3 Å². The number of methoxy groups -OCH3 is 1. The maximum atomic E-state index is 12.8. The molecule has 6 nitrogen and oxygen atoms in total. The zero-order valence-corrected chi connectivity index (χ0v) is 14.8. The number of hydrogen-bond acceptors (Lipinski definition) is 5. The molecule has 1 aromatic rings. The molecule has 130 valence electrons. The van der Waals surface area contributed by atoms with Crippen LogP contribution in [-0.4, -0.2) is 66.8 Å². The quantitative estimate of drug-likeness (QED) is 0.758. The zero-order chi connectivity index (χ0) is 17.3. The van der Waals surface area contributed by atoms with E-state index in [9.17, 15) is 14.4 Å². The van der Waals surface area contributed by atoms with E-state index in [-0.39, 0.29) is 29.6 Å². The average Bonchev–Trinajstić information content (AvgIpc) is 2.90. The lowest BCUT2D eigenvalue weighted by molar-refractivity contribution is -0.140. The topological polar surface area (TPSA) is 66.9 Å². The minimum atomic E-state index is -0.129. The lowest BCUT2D eigenvalue weighted by Crippen LogP contribution is -2.49. The Morgan fingerprint density at radius 3 is 2.79 bits per heavy atom. The van der Waals surface area contributed by atoms with Crippen molar-refractivity contribution in [1.29, 1.82) is 0 Å². The largest absolute Gasteiger partial charge is 0.383 e. The fraction of sp³-hybridized carbons (Fsp3) is 0.588. The van der Waals surface area contributed by atoms with Crippen LogP contribution in [0.2, 0.25) is 0 Å². The zero-order valence-electron chi connectivity index (χ0n) is 14.0. The number of piperidine rings is 1. The van der Waals surface area contributed by atoms with E-state index in [0.29, 0.717) is 36.7 Å². The van der Waals surface area contributed by atoms with Crippen molar-refractivity contribution in [1.82, 2.24) is 9.80 Å². The van der Waals surface area contributed by atoms with Gasteiger partial charge in [-0.2, -0.15) is 0 Å². The molecule has 0 unspecified atom stereocenters. The highest BCUT2D eigenvalue weighted by atomic mass is 32.1. The summed E-state index contributed by atoms with van der Waals surface area (Å²) in [4.78, 5) is 41.1. The maximum Gasteiger partial charge on any atom is 0.254 e. The van der Waals surface area contributed by atoms with E-state index in [0.717, 1.165) is 12.8 Å². The van der Waals surface area contributed by atoms with Crippen molar-refractivity contribution in [3.05, 3.63) is 21.9 Å². The molecule has 0 spiro atoms. The normalized spacial score (nSPS) is 23.5. The van der Waals surface area contributed by atoms with Gasteiger partial charge in [0.05, 0.1) is 23.0 Å². The third kappa shape index (κ3) is 3.23. The molecule has 0 radical (unpaired) electrons. The van der Waals surface area contributed by atoms with E-state index in [4.69, 9.17) is 4.74 Å². The smallest absolute Gasteiger partial charge is 0.254 e. The Labute approximate surface area is 145 Å². The first-order valence-electron chi connectivity index (χ1n) is 8.19. The first-order chi connectivity index (χ1) is 11.5. The number of hydrogen-bond donors (Lipinski definition) is 0. The number of ketones is 1. The van der Waals surface area contributed by atoms with Gasteiger partial charge in [0, 0.05) is 38.2 Å². The van der Waals surface area contributed by atoms with Gasteiger partial charge in [-0.25, -0.2) is 0 Å². The Kier molecular flexibility index (Phi) is 5.01. The summed E-state index contributed by atoms with van der Waals surface area (Å²) in [7, 11) is 1.62. The van der Waals surface area contributed by atoms with Crippen molar-refractivity contribution >= 4 is 28.9 Å². The fourth-order valence-corrected chi connectivity index (χ4v) is 4.29. The summed E-state index contributed by atoms with van der Waals surface area (Å²) in [6, 6.07) is 1.72. The van der Waals surface area contributed by atoms with Gasteiger partial charge in [-0.05, 0) is 25.8 Å². The summed E-state index contributed by atoms with van der Waals surface area (Å²) >= 11 is 1.29. The first kappa shape index (κ1) is 17.1. The van der Waals surface area contributed by atoms with Gasteiger partial charge in [0.25, 0.3) is 5.91 Å². The summed E-state index contributed by atoms with van der Waals surface area (Å²) in [6.45, 7) is 3.60. The number of carbonyl (C=O) groups excluding carboxylic acids is 3. The number of amides is 2. The molecule has 4 rings (SSSR count). The van der Waals surface area contributed by atoms with Gasteiger partial charge in [0.2, 0.25) is 5.91 Å². The minimum Gasteiger partial charge on any atom is -0.383 e. The number of thiophene rings is 1. The van der Waals surface area contributed by atoms with Crippen LogP contribution in [0.1, 0.15) is 39.8 Å². The SMILES string of the molecule is COCCN1C(=O)[C@@H]2CC[C@H]1CN(C(=O)c1csc(C(C)=O)c1)C2. The first-order valence-corrected chi connectivity index (χ1v) is 9.07. The molecule has 3 aliphatic rings. The van der Waals surface area contributed by atoms with Gasteiger partial charge >= 0.3 is 0 Å². The molecule has 3 fully saturated rings. The van der Waals surface area contributed by atoms with Crippen LogP contribution in [0.5, 0.6) is 0 Å². The Morgan fingerprint density at radius 1 is 1.33 bits per heavy atom. The van der Waals surface area contributed by atoms with Gasteiger partial charge in [0.1, 0.15) is 0 Å². The van der Waals surface area contributed by atoms with Crippen molar-refractivity contribution < 1.29 is 19.1 Å². The highest BCUT2D eigenvalue weighted by molar-refractivity contribution is 7.12. The van der Waals surface area contributed by atoms with Gasteiger partial charge < -0.3 is 14.5 Å². The minimum absolute atomic E-state index is 0.0316. The molecule has 2 bridgehead atoms. The van der Waals surface area contributed by atoms with Crippen LogP contribution >= 0.6 is 11.3 Å². The predicted molar refractivity (Wildman–Crippen MR) is 90.3 cm³/mol. The van der Waals surface area contributed by atoms with Crippen molar-refractivity contribution in [2.24, 2.45) is 5.92 Å². The van der Waals surface area contributed by atoms with Crippen molar-refractivity contribution in [2.45, 2.75) is 25.8 Å². The molecule has 0 saturated carbocycles. The van der Waals surface area contributed by atoms with Gasteiger partial charge in [-0.3, -0.25) is 14.4 Å². The molecule has 1 aromatic heterocycles. The molecule has 3 aliphatic heterocycles. The van der Waals surface area contributed by atoms with Crippen LogP contribution in [0.15, 0.2) is 11.4 Å². The molecule has 7 heteroatoms. The van der Waals surface area contributed by atoms with E-state index >= 15 is 0 Å². The molecular formula is C17H22N2O4S. The average molecular weight is 350 g/mol. The summed E-state index contributed by atoms with van der Waals surface area (Å²) in [6.07, 6.45) is 1.76. The number of nitrogens with zero attached hydrogens (tertiary/aromatic N) is 2. The molecule has 2 amide bonds. The summed E-state index contributed by atoms with van der Waals surface area (Å²) in [5.74, 6) is -0.114. The van der Waals surface area contributed by atoms with Crippen LogP contribution in [-0.2, 0) is 9.53 Å². The predicted octanol–water partition coefficient (Wildman–Crippen LogP) is 1.66. The molecule has 3 saturated heterocycles. The van der Waals surface area contributed by atoms with E-state index in [1.54, 1.807) is 23.5 Å². The molecule has 2 atom stereocenters. The molecular weight excluding hydrogens is 328 g/mol. The van der Waals surface area contributed by atoms with Crippen LogP contribution < -0.4 is 0 Å². The second-order valence-corrected chi connectivity index (χ2v) is 7.33. The number of carbonyl (C=O) groups is 3. The number of fused-ring (bicyclic) bond motifs is 4. The van der Waals surface area contributed by atoms with Crippen LogP contribution in [0.4, 0.5) is 0 Å². The highest BCUT2D eigenvalue weighted by Crippen LogP contribution is 2.30. The van der Waals surface area contributed by atoms with Crippen molar-refractivity contribution in [3.63, 3.8) is 0 Å². The Morgan fingerprint density at radius 2 is 2.12 bits per heavy atom.